The molecule has 0 aliphatic carbocycles. The van der Waals surface area contributed by atoms with Crippen LogP contribution in [0.4, 0.5) is 8.78 Å². The van der Waals surface area contributed by atoms with E-state index in [1.807, 2.05) is 6.92 Å². The van der Waals surface area contributed by atoms with Crippen LogP contribution in [0.5, 0.6) is 0 Å². The summed E-state index contributed by atoms with van der Waals surface area (Å²) < 4.78 is 45.9. The van der Waals surface area contributed by atoms with E-state index in [4.69, 9.17) is 0 Å². The molecule has 0 heterocycles. The Kier molecular flexibility index (Phi) is 5.27. The van der Waals surface area contributed by atoms with Gasteiger partial charge < -0.3 is 5.32 Å². The van der Waals surface area contributed by atoms with Crippen LogP contribution >= 0.6 is 0 Å². The van der Waals surface area contributed by atoms with Gasteiger partial charge in [0.05, 0.1) is 0 Å². The molecule has 0 radical (unpaired) electrons. The van der Waals surface area contributed by atoms with Gasteiger partial charge >= 0.3 is 5.76 Å². The number of likely N-dealkylation sites (N-methyl/N-ethyl adjacent to an activating group) is 1. The van der Waals surface area contributed by atoms with Crippen molar-refractivity contribution in [2.24, 2.45) is 0 Å². The van der Waals surface area contributed by atoms with E-state index in [1.54, 1.807) is 4.72 Å². The van der Waals surface area contributed by atoms with E-state index in [-0.39, 0.29) is 6.54 Å². The Labute approximate surface area is 70.4 Å². The Hall–Kier alpha value is -0.270. The molecule has 0 aliphatic heterocycles. The predicted octanol–water partition coefficient (Wildman–Crippen LogP) is -0.262. The van der Waals surface area contributed by atoms with Gasteiger partial charge in [-0.25, -0.2) is 13.1 Å². The fourth-order valence-corrected chi connectivity index (χ4v) is 1.03. The number of halogens is 2. The Morgan fingerprint density at radius 1 is 1.33 bits per heavy atom. The molecule has 7 heteroatoms. The second-order valence-corrected chi connectivity index (χ2v) is 3.79. The number of nitrogens with one attached hydrogen (secondary N) is 2. The molecule has 2 N–H and O–H groups in total. The molecule has 0 bridgehead atoms. The van der Waals surface area contributed by atoms with Crippen LogP contribution in [0.2, 0.25) is 0 Å². The van der Waals surface area contributed by atoms with Gasteiger partial charge in [0.15, 0.2) is 0 Å². The molecule has 12 heavy (non-hydrogen) atoms. The van der Waals surface area contributed by atoms with Gasteiger partial charge in [-0.2, -0.15) is 8.78 Å². The van der Waals surface area contributed by atoms with Crippen molar-refractivity contribution in [2.45, 2.75) is 12.7 Å². The van der Waals surface area contributed by atoms with E-state index in [1.165, 1.54) is 0 Å². The second-order valence-electron chi connectivity index (χ2n) is 2.05. The topological polar surface area (TPSA) is 58.2 Å². The highest BCUT2D eigenvalue weighted by Crippen LogP contribution is 2.00. The molecule has 0 rings (SSSR count). The summed E-state index contributed by atoms with van der Waals surface area (Å²) in [5.74, 6) is -3.35. The maximum absolute atomic E-state index is 11.7. The lowest BCUT2D eigenvalue weighted by Crippen LogP contribution is -2.35. The van der Waals surface area contributed by atoms with Crippen LogP contribution in [0.15, 0.2) is 0 Å². The van der Waals surface area contributed by atoms with Crippen LogP contribution in [0, 0.1) is 0 Å². The summed E-state index contributed by atoms with van der Waals surface area (Å²) in [6.45, 7) is 2.85. The van der Waals surface area contributed by atoms with E-state index in [0.29, 0.717) is 13.1 Å². The highest BCUT2D eigenvalue weighted by Gasteiger charge is 2.22. The van der Waals surface area contributed by atoms with Crippen molar-refractivity contribution in [3.05, 3.63) is 0 Å². The number of hydrogen-bond acceptors (Lipinski definition) is 3. The van der Waals surface area contributed by atoms with E-state index in [9.17, 15) is 17.2 Å². The monoisotopic (exact) mass is 202 g/mol. The van der Waals surface area contributed by atoms with Crippen LogP contribution in [0.3, 0.4) is 0 Å². The van der Waals surface area contributed by atoms with E-state index in [2.05, 4.69) is 5.32 Å². The Bertz CT molecular complexity index is 205. The molecule has 0 amide bonds. The van der Waals surface area contributed by atoms with Crippen LogP contribution in [-0.4, -0.2) is 33.8 Å². The Morgan fingerprint density at radius 3 is 2.33 bits per heavy atom. The van der Waals surface area contributed by atoms with Gasteiger partial charge in [0.1, 0.15) is 0 Å². The van der Waals surface area contributed by atoms with Crippen molar-refractivity contribution in [1.82, 2.24) is 10.0 Å². The molecule has 0 aromatic heterocycles. The molecular formula is C5H12F2N2O2S. The third-order valence-corrected chi connectivity index (χ3v) is 2.17. The van der Waals surface area contributed by atoms with Gasteiger partial charge in [-0.05, 0) is 6.54 Å². The van der Waals surface area contributed by atoms with E-state index < -0.39 is 15.8 Å². The molecule has 0 fully saturated rings. The van der Waals surface area contributed by atoms with Gasteiger partial charge in [-0.1, -0.05) is 6.92 Å². The molecule has 0 saturated heterocycles. The van der Waals surface area contributed by atoms with Crippen LogP contribution < -0.4 is 10.0 Å². The highest BCUT2D eigenvalue weighted by atomic mass is 32.2. The average Bonchev–Trinajstić information content (AvgIpc) is 1.98. The van der Waals surface area contributed by atoms with Gasteiger partial charge in [-0.15, -0.1) is 0 Å². The van der Waals surface area contributed by atoms with Crippen molar-refractivity contribution in [3.63, 3.8) is 0 Å². The Balaban J connectivity index is 3.63. The largest absolute Gasteiger partial charge is 0.350 e. The molecule has 74 valence electrons. The first-order chi connectivity index (χ1) is 5.50. The van der Waals surface area contributed by atoms with Gasteiger partial charge in [-0.3, -0.25) is 0 Å². The average molecular weight is 202 g/mol. The minimum atomic E-state index is -4.40. The second kappa shape index (κ2) is 5.39. The number of hydrogen-bond donors (Lipinski definition) is 2. The molecule has 0 atom stereocenters. The summed E-state index contributed by atoms with van der Waals surface area (Å²) in [6, 6.07) is 0. The van der Waals surface area contributed by atoms with Crippen molar-refractivity contribution in [1.29, 1.82) is 0 Å². The third kappa shape index (κ3) is 4.58. The van der Waals surface area contributed by atoms with Gasteiger partial charge in [0, 0.05) is 13.1 Å². The zero-order chi connectivity index (χ0) is 9.61. The lowest BCUT2D eigenvalue weighted by Gasteiger charge is -2.04. The molecule has 4 nitrogen and oxygen atoms in total. The molecule has 0 aromatic rings. The lowest BCUT2D eigenvalue weighted by molar-refractivity contribution is 0.232. The summed E-state index contributed by atoms with van der Waals surface area (Å²) in [7, 11) is -4.40. The predicted molar refractivity (Wildman–Crippen MR) is 41.5 cm³/mol. The first kappa shape index (κ1) is 11.7. The molecule has 0 aliphatic rings. The van der Waals surface area contributed by atoms with E-state index >= 15 is 0 Å². The van der Waals surface area contributed by atoms with Gasteiger partial charge in [0.25, 0.3) is 10.0 Å². The first-order valence-electron chi connectivity index (χ1n) is 3.48. The summed E-state index contributed by atoms with van der Waals surface area (Å²) >= 11 is 0. The number of alkyl halides is 2. The zero-order valence-corrected chi connectivity index (χ0v) is 7.50. The standard InChI is InChI=1S/C5H12F2N2O2S/c1-2-8-3-4-9-12(10,11)5(6)7/h5,8-9H,2-4H2,1H3. The normalized spacial score (nSPS) is 12.3. The third-order valence-electron chi connectivity index (χ3n) is 1.09. The minimum Gasteiger partial charge on any atom is -0.316 e. The molecule has 0 aromatic carbocycles. The van der Waals surface area contributed by atoms with Crippen molar-refractivity contribution >= 4 is 10.0 Å². The fourth-order valence-electron chi connectivity index (χ4n) is 0.521. The highest BCUT2D eigenvalue weighted by molar-refractivity contribution is 7.89. The maximum atomic E-state index is 11.7. The van der Waals surface area contributed by atoms with Crippen molar-refractivity contribution in [2.75, 3.05) is 19.6 Å². The summed E-state index contributed by atoms with van der Waals surface area (Å²) in [5.41, 5.74) is 0. The quantitative estimate of drug-likeness (QED) is 0.583. The summed E-state index contributed by atoms with van der Waals surface area (Å²) in [4.78, 5) is 0. The molecule has 0 saturated carbocycles. The lowest BCUT2D eigenvalue weighted by atomic mass is 10.6. The number of sulfonamides is 1. The SMILES string of the molecule is CCNCCNS(=O)(=O)C(F)F. The molecule has 0 spiro atoms. The minimum absolute atomic E-state index is 0.0134. The smallest absolute Gasteiger partial charge is 0.316 e. The van der Waals surface area contributed by atoms with Crippen LogP contribution in [-0.2, 0) is 10.0 Å². The summed E-state index contributed by atoms with van der Waals surface area (Å²) in [6.07, 6.45) is 0. The van der Waals surface area contributed by atoms with Crippen molar-refractivity contribution in [3.8, 4) is 0 Å². The molecular weight excluding hydrogens is 190 g/mol. The number of rotatable bonds is 6. The zero-order valence-electron chi connectivity index (χ0n) is 6.68. The molecule has 0 unspecified atom stereocenters. The van der Waals surface area contributed by atoms with E-state index in [0.717, 1.165) is 0 Å². The van der Waals surface area contributed by atoms with Crippen molar-refractivity contribution < 1.29 is 17.2 Å². The van der Waals surface area contributed by atoms with Gasteiger partial charge in [0.2, 0.25) is 0 Å². The first-order valence-corrected chi connectivity index (χ1v) is 5.02. The summed E-state index contributed by atoms with van der Waals surface area (Å²) in [5, 5.41) is 2.79. The fraction of sp³-hybridized carbons (Fsp3) is 1.00. The van der Waals surface area contributed by atoms with Crippen LogP contribution in [0.25, 0.3) is 0 Å². The maximum Gasteiger partial charge on any atom is 0.350 e. The Morgan fingerprint density at radius 2 is 1.92 bits per heavy atom. The van der Waals surface area contributed by atoms with Crippen LogP contribution in [0.1, 0.15) is 6.92 Å².